The van der Waals surface area contributed by atoms with Crippen molar-refractivity contribution in [3.05, 3.63) is 82.7 Å². The Kier molecular flexibility index (Phi) is 7.57. The minimum atomic E-state index is -0.616. The smallest absolute Gasteiger partial charge is 0.400 e. The van der Waals surface area contributed by atoms with E-state index in [9.17, 15) is 0 Å². The van der Waals surface area contributed by atoms with E-state index in [-0.39, 0.29) is 6.10 Å². The van der Waals surface area contributed by atoms with Gasteiger partial charge in [-0.2, -0.15) is 0 Å². The van der Waals surface area contributed by atoms with Gasteiger partial charge >= 0.3 is 14.2 Å². The van der Waals surface area contributed by atoms with Crippen molar-refractivity contribution in [1.82, 2.24) is 0 Å². The van der Waals surface area contributed by atoms with Crippen LogP contribution in [0.5, 0.6) is 0 Å². The van der Waals surface area contributed by atoms with Gasteiger partial charge in [0, 0.05) is 0 Å². The largest absolute Gasteiger partial charge is 0.495 e. The summed E-state index contributed by atoms with van der Waals surface area (Å²) in [6.07, 6.45) is 0.346. The van der Waals surface area contributed by atoms with Crippen LogP contribution < -0.4 is 0 Å². The monoisotopic (exact) mass is 556 g/mol. The summed E-state index contributed by atoms with van der Waals surface area (Å²) in [7, 11) is -1.16. The highest BCUT2D eigenvalue weighted by Crippen LogP contribution is 2.51. The van der Waals surface area contributed by atoms with E-state index in [4.69, 9.17) is 23.4 Å². The zero-order valence-corrected chi connectivity index (χ0v) is 26.8. The Morgan fingerprint density at radius 3 is 1.49 bits per heavy atom. The molecule has 7 heteroatoms. The minimum absolute atomic E-state index is 0.270. The summed E-state index contributed by atoms with van der Waals surface area (Å²) < 4.78 is 34.0. The summed E-state index contributed by atoms with van der Waals surface area (Å²) in [6, 6.07) is 21.0. The second-order valence-corrected chi connectivity index (χ2v) is 14.6. The number of hydrogen-bond acceptors (Lipinski definition) is 5. The Hall–Kier alpha value is -2.15. The first kappa shape index (κ1) is 30.3. The molecule has 41 heavy (non-hydrogen) atoms. The van der Waals surface area contributed by atoms with Gasteiger partial charge in [0.1, 0.15) is 0 Å². The summed E-state index contributed by atoms with van der Waals surface area (Å²) in [5, 5.41) is 0. The third-order valence-corrected chi connectivity index (χ3v) is 9.28. The highest BCUT2D eigenvalue weighted by molar-refractivity contribution is 6.64. The molecule has 2 aromatic rings. The van der Waals surface area contributed by atoms with E-state index in [1.54, 1.807) is 0 Å². The molecule has 2 fully saturated rings. The van der Waals surface area contributed by atoms with Crippen LogP contribution in [0.4, 0.5) is 0 Å². The summed E-state index contributed by atoms with van der Waals surface area (Å²) >= 11 is 0. The number of rotatable bonds is 5. The zero-order valence-electron chi connectivity index (χ0n) is 26.8. The second kappa shape index (κ2) is 10.2. The predicted octanol–water partition coefficient (Wildman–Crippen LogP) is 7.74. The standard InChI is InChI=1S/C34H46B2O5/c1-30(2,3)37-26-22-25(35-38-31(4,5)32(6,7)39-35)27(23-18-14-12-15-19-23)29(28(26)24-20-16-13-17-21-24)36-40-33(8,9)34(10,11)41-36/h12-21,26H,22H2,1-11H3/t26-/m1/s1. The molecule has 0 saturated carbocycles. The Morgan fingerprint density at radius 1 is 0.634 bits per heavy atom. The van der Waals surface area contributed by atoms with Gasteiger partial charge in [-0.3, -0.25) is 0 Å². The Bertz CT molecular complexity index is 1300. The van der Waals surface area contributed by atoms with Crippen LogP contribution in [0.25, 0.3) is 11.1 Å². The molecule has 1 aliphatic carbocycles. The van der Waals surface area contributed by atoms with Crippen LogP contribution in [0.1, 0.15) is 93.7 Å². The van der Waals surface area contributed by atoms with Gasteiger partial charge in [0.2, 0.25) is 0 Å². The Morgan fingerprint density at radius 2 is 1.05 bits per heavy atom. The quantitative estimate of drug-likeness (QED) is 0.353. The SMILES string of the molecule is CC(C)(C)O[C@@H]1CC(B2OC(C)(C)C(C)(C)O2)=C(c2ccccc2)C(B2OC(C)(C)C(C)(C)O2)=C1c1ccccc1. The van der Waals surface area contributed by atoms with Crippen LogP contribution in [-0.4, -0.2) is 48.3 Å². The molecule has 0 spiro atoms. The predicted molar refractivity (Wildman–Crippen MR) is 168 cm³/mol. The third kappa shape index (κ3) is 5.64. The molecule has 2 aliphatic heterocycles. The van der Waals surface area contributed by atoms with Crippen LogP contribution in [0, 0.1) is 0 Å². The number of hydrogen-bond donors (Lipinski definition) is 0. The normalized spacial score (nSPS) is 25.3. The highest BCUT2D eigenvalue weighted by atomic mass is 16.7. The molecule has 2 heterocycles. The maximum atomic E-state index is 6.90. The molecule has 0 unspecified atom stereocenters. The van der Waals surface area contributed by atoms with Crippen LogP contribution in [0.15, 0.2) is 71.6 Å². The van der Waals surface area contributed by atoms with Crippen molar-refractivity contribution in [3.63, 3.8) is 0 Å². The zero-order chi connectivity index (χ0) is 30.0. The topological polar surface area (TPSA) is 46.2 Å². The summed E-state index contributed by atoms with van der Waals surface area (Å²) in [4.78, 5) is 0. The minimum Gasteiger partial charge on any atom is -0.400 e. The Labute approximate surface area is 247 Å². The Balaban J connectivity index is 1.84. The molecule has 0 amide bonds. The van der Waals surface area contributed by atoms with Gasteiger partial charge < -0.3 is 23.4 Å². The molecular formula is C34H46B2O5. The van der Waals surface area contributed by atoms with Gasteiger partial charge in [-0.25, -0.2) is 0 Å². The van der Waals surface area contributed by atoms with Crippen LogP contribution >= 0.6 is 0 Å². The third-order valence-electron chi connectivity index (χ3n) is 9.28. The molecule has 3 aliphatic rings. The molecule has 2 aromatic carbocycles. The van der Waals surface area contributed by atoms with Crippen molar-refractivity contribution in [2.75, 3.05) is 0 Å². The van der Waals surface area contributed by atoms with Gasteiger partial charge in [-0.15, -0.1) is 0 Å². The molecule has 0 N–H and O–H groups in total. The van der Waals surface area contributed by atoms with E-state index in [1.807, 2.05) is 12.1 Å². The lowest BCUT2D eigenvalue weighted by molar-refractivity contribution is -0.0331. The summed E-state index contributed by atoms with van der Waals surface area (Å²) in [5.41, 5.74) is 3.93. The van der Waals surface area contributed by atoms with Crippen molar-refractivity contribution >= 4 is 25.4 Å². The van der Waals surface area contributed by atoms with E-state index in [1.165, 1.54) is 0 Å². The van der Waals surface area contributed by atoms with E-state index < -0.39 is 42.2 Å². The van der Waals surface area contributed by atoms with Crippen molar-refractivity contribution in [1.29, 1.82) is 0 Å². The molecule has 0 radical (unpaired) electrons. The first-order valence-electron chi connectivity index (χ1n) is 14.9. The first-order valence-corrected chi connectivity index (χ1v) is 14.9. The maximum Gasteiger partial charge on any atom is 0.495 e. The molecule has 2 saturated heterocycles. The highest BCUT2D eigenvalue weighted by Gasteiger charge is 2.58. The maximum absolute atomic E-state index is 6.90. The number of ether oxygens (including phenoxy) is 1. The molecule has 1 atom stereocenters. The number of benzene rings is 2. The fourth-order valence-electron chi connectivity index (χ4n) is 5.72. The molecule has 5 rings (SSSR count). The van der Waals surface area contributed by atoms with E-state index in [0.29, 0.717) is 6.42 Å². The molecule has 5 nitrogen and oxygen atoms in total. The molecule has 0 aromatic heterocycles. The van der Waals surface area contributed by atoms with Gasteiger partial charge in [-0.1, -0.05) is 60.7 Å². The lowest BCUT2D eigenvalue weighted by Crippen LogP contribution is -2.41. The van der Waals surface area contributed by atoms with Crippen LogP contribution in [0.2, 0.25) is 0 Å². The van der Waals surface area contributed by atoms with Gasteiger partial charge in [0.15, 0.2) is 0 Å². The van der Waals surface area contributed by atoms with Gasteiger partial charge in [0.25, 0.3) is 0 Å². The van der Waals surface area contributed by atoms with Crippen molar-refractivity contribution in [2.45, 2.75) is 117 Å². The van der Waals surface area contributed by atoms with E-state index in [2.05, 4.69) is 125 Å². The average molecular weight is 556 g/mol. The fourth-order valence-corrected chi connectivity index (χ4v) is 5.72. The van der Waals surface area contributed by atoms with Gasteiger partial charge in [-0.05, 0) is 116 Å². The molecule has 218 valence electrons. The van der Waals surface area contributed by atoms with Gasteiger partial charge in [0.05, 0.1) is 34.1 Å². The lowest BCUT2D eigenvalue weighted by atomic mass is 9.57. The van der Waals surface area contributed by atoms with Crippen molar-refractivity contribution < 1.29 is 23.4 Å². The van der Waals surface area contributed by atoms with Crippen molar-refractivity contribution in [3.8, 4) is 0 Å². The molecule has 0 bridgehead atoms. The van der Waals surface area contributed by atoms with E-state index in [0.717, 1.165) is 33.2 Å². The lowest BCUT2D eigenvalue weighted by Gasteiger charge is -2.38. The average Bonchev–Trinajstić information content (AvgIpc) is 3.22. The van der Waals surface area contributed by atoms with E-state index >= 15 is 0 Å². The van der Waals surface area contributed by atoms with Crippen LogP contribution in [-0.2, 0) is 23.4 Å². The number of allylic oxidation sites excluding steroid dienone is 2. The summed E-state index contributed by atoms with van der Waals surface area (Å²) in [6.45, 7) is 23.1. The molecular weight excluding hydrogens is 510 g/mol. The second-order valence-electron chi connectivity index (χ2n) is 14.6. The first-order chi connectivity index (χ1) is 18.9. The van der Waals surface area contributed by atoms with Crippen LogP contribution in [0.3, 0.4) is 0 Å². The fraction of sp³-hybridized carbons (Fsp3) is 0.529. The summed E-state index contributed by atoms with van der Waals surface area (Å²) in [5.74, 6) is 0. The van der Waals surface area contributed by atoms with Crippen molar-refractivity contribution in [2.24, 2.45) is 0 Å².